The molecule has 3 rings (SSSR count). The van der Waals surface area contributed by atoms with Crippen LogP contribution in [0.15, 0.2) is 48.5 Å². The van der Waals surface area contributed by atoms with E-state index in [0.717, 1.165) is 10.5 Å². The number of hydrogen-bond donors (Lipinski definition) is 1. The molecule has 0 spiro atoms. The van der Waals surface area contributed by atoms with Crippen molar-refractivity contribution < 1.29 is 28.3 Å². The Morgan fingerprint density at radius 1 is 1.03 bits per heavy atom. The van der Waals surface area contributed by atoms with Crippen molar-refractivity contribution in [3.63, 3.8) is 0 Å². The van der Waals surface area contributed by atoms with Crippen molar-refractivity contribution in [3.8, 4) is 0 Å². The highest BCUT2D eigenvalue weighted by Crippen LogP contribution is 2.23. The van der Waals surface area contributed by atoms with Crippen LogP contribution in [0, 0.1) is 5.82 Å². The summed E-state index contributed by atoms with van der Waals surface area (Å²) in [5.74, 6) is -2.02. The fourth-order valence-corrected chi connectivity index (χ4v) is 3.02. The first-order valence-corrected chi connectivity index (χ1v) is 9.54. The molecule has 1 unspecified atom stereocenters. The normalized spacial score (nSPS) is 14.5. The van der Waals surface area contributed by atoms with Crippen LogP contribution < -0.4 is 10.2 Å². The fraction of sp³-hybridized carbons (Fsp3) is 0.273. The van der Waals surface area contributed by atoms with Gasteiger partial charge >= 0.3 is 5.97 Å². The molecule has 1 N–H and O–H groups in total. The molecule has 3 amide bonds. The minimum Gasteiger partial charge on any atom is -0.449 e. The van der Waals surface area contributed by atoms with E-state index in [1.165, 1.54) is 43.3 Å². The number of nitrogens with zero attached hydrogens (tertiary/aromatic N) is 1. The van der Waals surface area contributed by atoms with E-state index in [2.05, 4.69) is 5.32 Å². The number of amides is 3. The number of nitrogens with one attached hydrogen (secondary N) is 1. The molecule has 0 radical (unpaired) electrons. The zero-order valence-corrected chi connectivity index (χ0v) is 16.4. The van der Waals surface area contributed by atoms with Crippen LogP contribution in [0.25, 0.3) is 0 Å². The van der Waals surface area contributed by atoms with Gasteiger partial charge in [-0.05, 0) is 55.3 Å². The van der Waals surface area contributed by atoms with Crippen LogP contribution >= 0.6 is 0 Å². The number of imide groups is 1. The Balaban J connectivity index is 1.49. The monoisotopic (exact) mass is 412 g/mol. The summed E-state index contributed by atoms with van der Waals surface area (Å²) in [5.41, 5.74) is 1.46. The second kappa shape index (κ2) is 9.30. The molecule has 7 nitrogen and oxygen atoms in total. The van der Waals surface area contributed by atoms with Gasteiger partial charge in [0.15, 0.2) is 6.10 Å². The zero-order valence-electron chi connectivity index (χ0n) is 16.4. The van der Waals surface area contributed by atoms with E-state index in [-0.39, 0.29) is 36.0 Å². The standard InChI is InChI=1S/C22H21FN2O5/c1-14(21(28)24-13-12-15-2-6-17(23)7-3-15)30-22(29)16-4-8-18(9-5-16)25-19(26)10-11-20(25)27/h2-9,14H,10-13H2,1H3,(H,24,28). The molecule has 0 bridgehead atoms. The highest BCUT2D eigenvalue weighted by molar-refractivity contribution is 6.19. The highest BCUT2D eigenvalue weighted by atomic mass is 19.1. The SMILES string of the molecule is CC(OC(=O)c1ccc(N2C(=O)CCC2=O)cc1)C(=O)NCCc1ccc(F)cc1. The van der Waals surface area contributed by atoms with Gasteiger partial charge < -0.3 is 10.1 Å². The molecule has 0 aromatic heterocycles. The molecule has 2 aromatic rings. The summed E-state index contributed by atoms with van der Waals surface area (Å²) in [5, 5.41) is 2.67. The smallest absolute Gasteiger partial charge is 0.338 e. The second-order valence-electron chi connectivity index (χ2n) is 6.88. The molecule has 1 aliphatic rings. The first kappa shape index (κ1) is 21.2. The van der Waals surface area contributed by atoms with Crippen molar-refractivity contribution in [2.75, 3.05) is 11.4 Å². The summed E-state index contributed by atoms with van der Waals surface area (Å²) in [7, 11) is 0. The van der Waals surface area contributed by atoms with E-state index in [1.54, 1.807) is 12.1 Å². The van der Waals surface area contributed by atoms with Gasteiger partial charge in [0.25, 0.3) is 5.91 Å². The van der Waals surface area contributed by atoms with E-state index < -0.39 is 18.0 Å². The summed E-state index contributed by atoms with van der Waals surface area (Å²) in [6.07, 6.45) is -0.137. The third-order valence-electron chi connectivity index (χ3n) is 4.69. The summed E-state index contributed by atoms with van der Waals surface area (Å²) in [6.45, 7) is 1.78. The van der Waals surface area contributed by atoms with Crippen LogP contribution in [0.5, 0.6) is 0 Å². The molecule has 1 fully saturated rings. The molecule has 156 valence electrons. The molecule has 0 saturated carbocycles. The number of halogens is 1. The van der Waals surface area contributed by atoms with Crippen LogP contribution in [-0.4, -0.2) is 36.3 Å². The van der Waals surface area contributed by atoms with Crippen LogP contribution in [-0.2, 0) is 25.5 Å². The van der Waals surface area contributed by atoms with Gasteiger partial charge in [0.05, 0.1) is 11.3 Å². The average molecular weight is 412 g/mol. The number of anilines is 1. The quantitative estimate of drug-likeness (QED) is 0.557. The topological polar surface area (TPSA) is 92.8 Å². The molecule has 1 atom stereocenters. The van der Waals surface area contributed by atoms with Crippen LogP contribution in [0.3, 0.4) is 0 Å². The van der Waals surface area contributed by atoms with Gasteiger partial charge in [0.1, 0.15) is 5.82 Å². The van der Waals surface area contributed by atoms with Gasteiger partial charge in [-0.2, -0.15) is 0 Å². The third kappa shape index (κ3) is 5.08. The average Bonchev–Trinajstić information content (AvgIpc) is 3.07. The number of benzene rings is 2. The first-order chi connectivity index (χ1) is 14.3. The molecule has 0 aliphatic carbocycles. The maximum absolute atomic E-state index is 12.9. The van der Waals surface area contributed by atoms with Crippen LogP contribution in [0.2, 0.25) is 0 Å². The van der Waals surface area contributed by atoms with E-state index in [4.69, 9.17) is 4.74 Å². The van der Waals surface area contributed by atoms with Gasteiger partial charge in [-0.3, -0.25) is 19.3 Å². The Morgan fingerprint density at radius 2 is 1.63 bits per heavy atom. The molecule has 8 heteroatoms. The van der Waals surface area contributed by atoms with Crippen molar-refractivity contribution in [1.82, 2.24) is 5.32 Å². The molecule has 1 heterocycles. The molecule has 1 saturated heterocycles. The lowest BCUT2D eigenvalue weighted by Crippen LogP contribution is -2.36. The number of rotatable bonds is 7. The van der Waals surface area contributed by atoms with Crippen molar-refractivity contribution >= 4 is 29.4 Å². The fourth-order valence-electron chi connectivity index (χ4n) is 3.02. The number of carbonyl (C=O) groups is 4. The molecule has 1 aliphatic heterocycles. The molecule has 30 heavy (non-hydrogen) atoms. The molecular weight excluding hydrogens is 391 g/mol. The minimum absolute atomic E-state index is 0.177. The van der Waals surface area contributed by atoms with Crippen molar-refractivity contribution in [1.29, 1.82) is 0 Å². The Bertz CT molecular complexity index is 940. The molecule has 2 aromatic carbocycles. The lowest BCUT2D eigenvalue weighted by atomic mass is 10.1. The maximum Gasteiger partial charge on any atom is 0.338 e. The lowest BCUT2D eigenvalue weighted by Gasteiger charge is -2.15. The van der Waals surface area contributed by atoms with E-state index >= 15 is 0 Å². The van der Waals surface area contributed by atoms with Crippen LogP contribution in [0.4, 0.5) is 10.1 Å². The van der Waals surface area contributed by atoms with E-state index in [0.29, 0.717) is 18.7 Å². The predicted octanol–water partition coefficient (Wildman–Crippen LogP) is 2.38. The Labute approximate surface area is 172 Å². The largest absolute Gasteiger partial charge is 0.449 e. The lowest BCUT2D eigenvalue weighted by molar-refractivity contribution is -0.129. The summed E-state index contributed by atoms with van der Waals surface area (Å²) in [6, 6.07) is 11.8. The Morgan fingerprint density at radius 3 is 2.23 bits per heavy atom. The van der Waals surface area contributed by atoms with Gasteiger partial charge in [-0.15, -0.1) is 0 Å². The van der Waals surface area contributed by atoms with E-state index in [1.807, 2.05) is 0 Å². The zero-order chi connectivity index (χ0) is 21.7. The van der Waals surface area contributed by atoms with Crippen molar-refractivity contribution in [2.45, 2.75) is 32.3 Å². The Kier molecular flexibility index (Phi) is 6.56. The second-order valence-corrected chi connectivity index (χ2v) is 6.88. The maximum atomic E-state index is 12.9. The van der Waals surface area contributed by atoms with Gasteiger partial charge in [0.2, 0.25) is 11.8 Å². The van der Waals surface area contributed by atoms with Gasteiger partial charge in [-0.25, -0.2) is 9.18 Å². The highest BCUT2D eigenvalue weighted by Gasteiger charge is 2.30. The Hall–Kier alpha value is -3.55. The summed E-state index contributed by atoms with van der Waals surface area (Å²) >= 11 is 0. The molecular formula is C22H21FN2O5. The number of hydrogen-bond acceptors (Lipinski definition) is 5. The minimum atomic E-state index is -1.01. The van der Waals surface area contributed by atoms with E-state index in [9.17, 15) is 23.6 Å². The third-order valence-corrected chi connectivity index (χ3v) is 4.69. The first-order valence-electron chi connectivity index (χ1n) is 9.54. The number of esters is 1. The summed E-state index contributed by atoms with van der Waals surface area (Å²) < 4.78 is 18.1. The van der Waals surface area contributed by atoms with Crippen LogP contribution in [0.1, 0.15) is 35.7 Å². The predicted molar refractivity (Wildman–Crippen MR) is 106 cm³/mol. The van der Waals surface area contributed by atoms with Gasteiger partial charge in [-0.1, -0.05) is 12.1 Å². The van der Waals surface area contributed by atoms with Crippen molar-refractivity contribution in [2.24, 2.45) is 0 Å². The number of carbonyl (C=O) groups excluding carboxylic acids is 4. The number of ether oxygens (including phenoxy) is 1. The van der Waals surface area contributed by atoms with Crippen molar-refractivity contribution in [3.05, 3.63) is 65.5 Å². The van der Waals surface area contributed by atoms with Gasteiger partial charge in [0, 0.05) is 19.4 Å². The summed E-state index contributed by atoms with van der Waals surface area (Å²) in [4.78, 5) is 49.0.